The fourth-order valence-corrected chi connectivity index (χ4v) is 0.601. The number of nitrogens with two attached hydrogens (primary N) is 1. The maximum Gasteiger partial charge on any atom is 0.155 e. The van der Waals surface area contributed by atoms with Crippen molar-refractivity contribution in [1.82, 2.24) is 0 Å². The van der Waals surface area contributed by atoms with Crippen molar-refractivity contribution in [3.63, 3.8) is 0 Å². The first-order valence-corrected chi connectivity index (χ1v) is 2.71. The van der Waals surface area contributed by atoms with E-state index in [-0.39, 0.29) is 10.7 Å². The zero-order valence-electron chi connectivity index (χ0n) is 4.49. The Morgan fingerprint density at radius 2 is 2.22 bits per heavy atom. The molecule has 9 heavy (non-hydrogen) atoms. The molecule has 0 amide bonds. The van der Waals surface area contributed by atoms with E-state index in [1.807, 2.05) is 0 Å². The Bertz CT molecular complexity index is 224. The van der Waals surface area contributed by atoms with Crippen LogP contribution in [-0.4, -0.2) is 0 Å². The van der Waals surface area contributed by atoms with Crippen LogP contribution in [0.3, 0.4) is 0 Å². The highest BCUT2D eigenvalue weighted by Crippen LogP contribution is 2.14. The summed E-state index contributed by atoms with van der Waals surface area (Å²) in [6.07, 6.45) is 0. The Kier molecular flexibility index (Phi) is 1.58. The summed E-state index contributed by atoms with van der Waals surface area (Å²) in [5.41, 5.74) is 5.19. The van der Waals surface area contributed by atoms with E-state index in [0.29, 0.717) is 0 Å². The Morgan fingerprint density at radius 3 is 2.67 bits per heavy atom. The van der Waals surface area contributed by atoms with E-state index in [0.717, 1.165) is 0 Å². The van der Waals surface area contributed by atoms with E-state index in [2.05, 4.69) is 6.07 Å². The Labute approximate surface area is 57.2 Å². The molecule has 0 aliphatic rings. The standard InChI is InChI=1S/C6H4ClFN/c7-4-1-2-6(9)5(8)3-4/h1-2H,9H2. The molecule has 1 aromatic carbocycles. The highest BCUT2D eigenvalue weighted by molar-refractivity contribution is 6.30. The van der Waals surface area contributed by atoms with Crippen molar-refractivity contribution >= 4 is 17.3 Å². The van der Waals surface area contributed by atoms with Crippen molar-refractivity contribution in [3.05, 3.63) is 29.0 Å². The predicted molar refractivity (Wildman–Crippen MR) is 34.7 cm³/mol. The lowest BCUT2D eigenvalue weighted by molar-refractivity contribution is 0.630. The van der Waals surface area contributed by atoms with Crippen molar-refractivity contribution in [2.45, 2.75) is 0 Å². The second-order valence-corrected chi connectivity index (χ2v) is 1.98. The van der Waals surface area contributed by atoms with Crippen LogP contribution in [0.2, 0.25) is 5.02 Å². The average molecular weight is 145 g/mol. The van der Waals surface area contributed by atoms with Gasteiger partial charge in [0.1, 0.15) is 0 Å². The van der Waals surface area contributed by atoms with Crippen LogP contribution in [0.4, 0.5) is 10.1 Å². The molecule has 1 nitrogen and oxygen atoms in total. The highest BCUT2D eigenvalue weighted by Gasteiger charge is 1.96. The third-order valence-electron chi connectivity index (χ3n) is 0.892. The maximum absolute atomic E-state index is 12.3. The predicted octanol–water partition coefficient (Wildman–Crippen LogP) is 1.86. The van der Waals surface area contributed by atoms with Gasteiger partial charge >= 0.3 is 0 Å². The molecule has 0 spiro atoms. The fraction of sp³-hybridized carbons (Fsp3) is 0. The van der Waals surface area contributed by atoms with Gasteiger partial charge in [-0.1, -0.05) is 11.6 Å². The van der Waals surface area contributed by atoms with Gasteiger partial charge in [-0.15, -0.1) is 0 Å². The highest BCUT2D eigenvalue weighted by atomic mass is 35.5. The number of halogens is 2. The monoisotopic (exact) mass is 144 g/mol. The molecular formula is C6H4ClFN. The lowest BCUT2D eigenvalue weighted by Gasteiger charge is -1.92. The number of rotatable bonds is 0. The maximum atomic E-state index is 12.3. The summed E-state index contributed by atoms with van der Waals surface area (Å²) in [6.45, 7) is 0. The molecule has 0 saturated carbocycles. The minimum Gasteiger partial charge on any atom is -0.396 e. The molecule has 3 heteroatoms. The van der Waals surface area contributed by atoms with Crippen LogP contribution in [0.1, 0.15) is 0 Å². The number of benzene rings is 1. The van der Waals surface area contributed by atoms with Crippen molar-refractivity contribution < 1.29 is 4.39 Å². The van der Waals surface area contributed by atoms with Crippen molar-refractivity contribution in [2.24, 2.45) is 0 Å². The molecule has 47 valence electrons. The van der Waals surface area contributed by atoms with Crippen LogP contribution in [0.15, 0.2) is 12.1 Å². The molecule has 2 N–H and O–H groups in total. The van der Waals surface area contributed by atoms with E-state index in [9.17, 15) is 4.39 Å². The molecule has 0 unspecified atom stereocenters. The summed E-state index contributed by atoms with van der Waals surface area (Å²) in [7, 11) is 0. The SMILES string of the molecule is Nc1ccc(Cl)[c]c1F. The molecule has 0 heterocycles. The van der Waals surface area contributed by atoms with Crippen LogP contribution in [0.5, 0.6) is 0 Å². The fourth-order valence-electron chi connectivity index (χ4n) is 0.455. The Hall–Kier alpha value is -0.760. The lowest BCUT2D eigenvalue weighted by atomic mass is 10.3. The summed E-state index contributed by atoms with van der Waals surface area (Å²) in [5, 5.41) is 0.238. The Balaban J connectivity index is 3.17. The second kappa shape index (κ2) is 2.23. The normalized spacial score (nSPS) is 9.56. The molecule has 1 aromatic rings. The van der Waals surface area contributed by atoms with Crippen molar-refractivity contribution in [2.75, 3.05) is 5.73 Å². The topological polar surface area (TPSA) is 26.0 Å². The zero-order chi connectivity index (χ0) is 6.85. The van der Waals surface area contributed by atoms with Gasteiger partial charge in [0.25, 0.3) is 0 Å². The summed E-state index contributed by atoms with van der Waals surface area (Å²) >= 11 is 5.37. The smallest absolute Gasteiger partial charge is 0.155 e. The summed E-state index contributed by atoms with van der Waals surface area (Å²) in [4.78, 5) is 0. The van der Waals surface area contributed by atoms with Gasteiger partial charge in [0, 0.05) is 6.07 Å². The van der Waals surface area contributed by atoms with Gasteiger partial charge in [0.05, 0.1) is 10.7 Å². The summed E-state index contributed by atoms with van der Waals surface area (Å²) in [6, 6.07) is 5.10. The van der Waals surface area contributed by atoms with E-state index in [1.165, 1.54) is 12.1 Å². The van der Waals surface area contributed by atoms with E-state index in [4.69, 9.17) is 17.3 Å². The minimum absolute atomic E-state index is 0.0689. The van der Waals surface area contributed by atoms with Gasteiger partial charge in [-0.25, -0.2) is 4.39 Å². The van der Waals surface area contributed by atoms with Crippen LogP contribution >= 0.6 is 11.6 Å². The average Bonchev–Trinajstić information content (AvgIpc) is 1.80. The van der Waals surface area contributed by atoms with Gasteiger partial charge in [0.2, 0.25) is 0 Å². The van der Waals surface area contributed by atoms with E-state index in [1.54, 1.807) is 0 Å². The largest absolute Gasteiger partial charge is 0.396 e. The van der Waals surface area contributed by atoms with Crippen molar-refractivity contribution in [1.29, 1.82) is 0 Å². The molecule has 1 radical (unpaired) electrons. The number of hydrogen-bond donors (Lipinski definition) is 1. The summed E-state index contributed by atoms with van der Waals surface area (Å²) in [5.74, 6) is -0.595. The zero-order valence-corrected chi connectivity index (χ0v) is 5.24. The molecule has 0 aliphatic carbocycles. The van der Waals surface area contributed by atoms with Crippen LogP contribution in [0, 0.1) is 11.9 Å². The second-order valence-electron chi connectivity index (χ2n) is 1.58. The first-order valence-electron chi connectivity index (χ1n) is 2.33. The number of anilines is 1. The molecule has 0 fully saturated rings. The first-order chi connectivity index (χ1) is 4.20. The molecule has 0 atom stereocenters. The number of hydrogen-bond acceptors (Lipinski definition) is 1. The minimum atomic E-state index is -0.595. The van der Waals surface area contributed by atoms with E-state index >= 15 is 0 Å². The molecule has 0 saturated heterocycles. The third-order valence-corrected chi connectivity index (χ3v) is 1.11. The van der Waals surface area contributed by atoms with Gasteiger partial charge < -0.3 is 5.73 Å². The van der Waals surface area contributed by atoms with Crippen LogP contribution < -0.4 is 5.73 Å². The molecule has 0 aliphatic heterocycles. The van der Waals surface area contributed by atoms with Crippen molar-refractivity contribution in [3.8, 4) is 0 Å². The summed E-state index contributed by atoms with van der Waals surface area (Å²) < 4.78 is 12.3. The van der Waals surface area contributed by atoms with Crippen LogP contribution in [0.25, 0.3) is 0 Å². The molecular weight excluding hydrogens is 141 g/mol. The van der Waals surface area contributed by atoms with E-state index < -0.39 is 5.82 Å². The molecule has 0 aromatic heterocycles. The van der Waals surface area contributed by atoms with Gasteiger partial charge in [-0.05, 0) is 12.1 Å². The lowest BCUT2D eigenvalue weighted by Crippen LogP contribution is -1.88. The third kappa shape index (κ3) is 1.33. The van der Waals surface area contributed by atoms with Gasteiger partial charge in [-0.3, -0.25) is 0 Å². The molecule has 0 bridgehead atoms. The quantitative estimate of drug-likeness (QED) is 0.553. The Morgan fingerprint density at radius 1 is 1.56 bits per heavy atom. The number of nitrogen functional groups attached to an aromatic ring is 1. The van der Waals surface area contributed by atoms with Gasteiger partial charge in [-0.2, -0.15) is 0 Å². The van der Waals surface area contributed by atoms with Crippen LogP contribution in [-0.2, 0) is 0 Å². The van der Waals surface area contributed by atoms with Gasteiger partial charge in [0.15, 0.2) is 5.82 Å². The first kappa shape index (κ1) is 6.36. The molecule has 1 rings (SSSR count).